The number of nitrogens with one attached hydrogen (secondary N) is 1. The fraction of sp³-hybridized carbons (Fsp3) is 0.579. The van der Waals surface area contributed by atoms with Crippen LogP contribution >= 0.6 is 23.2 Å². The van der Waals surface area contributed by atoms with E-state index in [1.165, 1.54) is 0 Å². The number of likely N-dealkylation sites (tertiary alicyclic amines) is 1. The van der Waals surface area contributed by atoms with E-state index in [-0.39, 0.29) is 36.3 Å². The first kappa shape index (κ1) is 20.2. The second-order valence-electron chi connectivity index (χ2n) is 7.47. The lowest BCUT2D eigenvalue weighted by Crippen LogP contribution is -2.37. The number of benzene rings is 1. The Labute approximate surface area is 168 Å². The molecule has 6 nitrogen and oxygen atoms in total. The minimum Gasteiger partial charge on any atom is -0.465 e. The lowest BCUT2D eigenvalue weighted by molar-refractivity contribution is -0.136. The van der Waals surface area contributed by atoms with Gasteiger partial charge in [-0.1, -0.05) is 29.3 Å². The molecule has 1 saturated heterocycles. The van der Waals surface area contributed by atoms with E-state index in [1.54, 1.807) is 12.1 Å². The second-order valence-corrected chi connectivity index (χ2v) is 8.29. The summed E-state index contributed by atoms with van der Waals surface area (Å²) >= 11 is 12.2. The summed E-state index contributed by atoms with van der Waals surface area (Å²) < 4.78 is 0. The van der Waals surface area contributed by atoms with Crippen molar-refractivity contribution in [3.8, 4) is 0 Å². The molecular weight excluding hydrogens is 391 g/mol. The zero-order chi connectivity index (χ0) is 19.6. The fourth-order valence-corrected chi connectivity index (χ4v) is 4.48. The quantitative estimate of drug-likeness (QED) is 0.704. The number of carboxylic acid groups (broad SMARTS) is 1. The summed E-state index contributed by atoms with van der Waals surface area (Å²) in [5, 5.41) is 22.0. The van der Waals surface area contributed by atoms with E-state index in [0.29, 0.717) is 48.8 Å². The molecule has 1 aliphatic carbocycles. The summed E-state index contributed by atoms with van der Waals surface area (Å²) in [7, 11) is 0. The highest BCUT2D eigenvalue weighted by atomic mass is 35.5. The topological polar surface area (TPSA) is 89.9 Å². The molecule has 8 heteroatoms. The molecule has 2 fully saturated rings. The molecule has 0 radical (unpaired) electrons. The number of amides is 2. The maximum atomic E-state index is 12.9. The molecule has 148 valence electrons. The standard InChI is InChI=1S/C19H24Cl2N2O4/c20-16-6-3-12(7-17(16)21)15-10-23(9-13(15)8-22-19(26)27)18(25)11-1-4-14(24)5-2-11/h3,6-7,11,13-15,22,24H,1-2,4-5,8-10H2,(H,26,27)/t11?,13-,14?,15-/m1/s1. The average Bonchev–Trinajstić information content (AvgIpc) is 3.06. The van der Waals surface area contributed by atoms with Gasteiger partial charge in [0.15, 0.2) is 0 Å². The molecule has 27 heavy (non-hydrogen) atoms. The molecule has 2 atom stereocenters. The second kappa shape index (κ2) is 8.67. The normalized spacial score (nSPS) is 28.2. The predicted molar refractivity (Wildman–Crippen MR) is 103 cm³/mol. The summed E-state index contributed by atoms with van der Waals surface area (Å²) in [6.45, 7) is 1.30. The first-order valence-corrected chi connectivity index (χ1v) is 9.99. The molecule has 1 heterocycles. The van der Waals surface area contributed by atoms with Crippen LogP contribution in [0.1, 0.15) is 37.2 Å². The third kappa shape index (κ3) is 4.86. The molecule has 1 saturated carbocycles. The van der Waals surface area contributed by atoms with E-state index in [4.69, 9.17) is 28.3 Å². The molecule has 0 aromatic heterocycles. The van der Waals surface area contributed by atoms with E-state index < -0.39 is 6.09 Å². The molecule has 1 aromatic carbocycles. The van der Waals surface area contributed by atoms with Crippen LogP contribution in [0.25, 0.3) is 0 Å². The van der Waals surface area contributed by atoms with E-state index >= 15 is 0 Å². The van der Waals surface area contributed by atoms with Crippen LogP contribution in [0.5, 0.6) is 0 Å². The minimum absolute atomic E-state index is 0.00949. The lowest BCUT2D eigenvalue weighted by Gasteiger charge is -2.28. The van der Waals surface area contributed by atoms with E-state index in [2.05, 4.69) is 5.32 Å². The first-order valence-electron chi connectivity index (χ1n) is 9.23. The molecule has 0 unspecified atom stereocenters. The predicted octanol–water partition coefficient (Wildman–Crippen LogP) is 3.35. The van der Waals surface area contributed by atoms with Crippen molar-refractivity contribution in [2.75, 3.05) is 19.6 Å². The van der Waals surface area contributed by atoms with E-state index in [9.17, 15) is 14.7 Å². The van der Waals surface area contributed by atoms with Gasteiger partial charge < -0.3 is 20.4 Å². The van der Waals surface area contributed by atoms with Crippen LogP contribution in [0.15, 0.2) is 18.2 Å². The maximum absolute atomic E-state index is 12.9. The van der Waals surface area contributed by atoms with Crippen LogP contribution in [0, 0.1) is 11.8 Å². The van der Waals surface area contributed by atoms with Gasteiger partial charge in [0, 0.05) is 37.4 Å². The van der Waals surface area contributed by atoms with Crippen molar-refractivity contribution < 1.29 is 19.8 Å². The largest absolute Gasteiger partial charge is 0.465 e. The van der Waals surface area contributed by atoms with Crippen LogP contribution in [0.3, 0.4) is 0 Å². The number of carbonyl (C=O) groups excluding carboxylic acids is 1. The van der Waals surface area contributed by atoms with E-state index in [1.807, 2.05) is 11.0 Å². The molecule has 1 aromatic rings. The highest BCUT2D eigenvalue weighted by Crippen LogP contribution is 2.37. The third-order valence-corrected chi connectivity index (χ3v) is 6.42. The van der Waals surface area contributed by atoms with Crippen molar-refractivity contribution in [1.29, 1.82) is 0 Å². The van der Waals surface area contributed by atoms with Crippen LogP contribution in [-0.4, -0.2) is 52.9 Å². The number of nitrogens with zero attached hydrogens (tertiary/aromatic N) is 1. The Morgan fingerprint density at radius 2 is 1.81 bits per heavy atom. The van der Waals surface area contributed by atoms with Gasteiger partial charge in [0.2, 0.25) is 5.91 Å². The molecule has 0 spiro atoms. The van der Waals surface area contributed by atoms with Gasteiger partial charge in [-0.25, -0.2) is 4.79 Å². The number of aliphatic hydroxyl groups excluding tert-OH is 1. The number of hydrogen-bond donors (Lipinski definition) is 3. The molecule has 0 bridgehead atoms. The minimum atomic E-state index is -1.08. The third-order valence-electron chi connectivity index (χ3n) is 5.69. The molecule has 1 aliphatic heterocycles. The smallest absolute Gasteiger partial charge is 0.404 e. The van der Waals surface area contributed by atoms with Gasteiger partial charge >= 0.3 is 6.09 Å². The molecule has 2 aliphatic rings. The molecule has 3 rings (SSSR count). The number of hydrogen-bond acceptors (Lipinski definition) is 3. The zero-order valence-electron chi connectivity index (χ0n) is 14.9. The van der Waals surface area contributed by atoms with Crippen molar-refractivity contribution in [3.05, 3.63) is 33.8 Å². The highest BCUT2D eigenvalue weighted by Gasteiger charge is 2.39. The van der Waals surface area contributed by atoms with Crippen molar-refractivity contribution in [1.82, 2.24) is 10.2 Å². The summed E-state index contributed by atoms with van der Waals surface area (Å²) in [5.41, 5.74) is 0.955. The van der Waals surface area contributed by atoms with Gasteiger partial charge in [-0.15, -0.1) is 0 Å². The van der Waals surface area contributed by atoms with Gasteiger partial charge in [0.05, 0.1) is 16.1 Å². The van der Waals surface area contributed by atoms with Gasteiger partial charge in [-0.3, -0.25) is 4.79 Å². The fourth-order valence-electron chi connectivity index (χ4n) is 4.18. The Bertz CT molecular complexity index is 707. The van der Waals surface area contributed by atoms with Gasteiger partial charge in [-0.05, 0) is 43.4 Å². The number of halogens is 2. The Balaban J connectivity index is 1.75. The Morgan fingerprint density at radius 1 is 1.11 bits per heavy atom. The highest BCUT2D eigenvalue weighted by molar-refractivity contribution is 6.42. The number of aliphatic hydroxyl groups is 1. The average molecular weight is 415 g/mol. The molecule has 2 amide bonds. The van der Waals surface area contributed by atoms with Gasteiger partial charge in [0.25, 0.3) is 0 Å². The summed E-state index contributed by atoms with van der Waals surface area (Å²) in [5.74, 6) is 0.0000414. The van der Waals surface area contributed by atoms with Crippen molar-refractivity contribution in [3.63, 3.8) is 0 Å². The summed E-state index contributed by atoms with van der Waals surface area (Å²) in [4.78, 5) is 25.7. The number of carbonyl (C=O) groups is 2. The maximum Gasteiger partial charge on any atom is 0.404 e. The van der Waals surface area contributed by atoms with Gasteiger partial charge in [-0.2, -0.15) is 0 Å². The van der Waals surface area contributed by atoms with Crippen LogP contribution in [0.2, 0.25) is 10.0 Å². The van der Waals surface area contributed by atoms with Crippen molar-refractivity contribution in [2.24, 2.45) is 11.8 Å². The lowest BCUT2D eigenvalue weighted by atomic mass is 9.86. The van der Waals surface area contributed by atoms with Gasteiger partial charge in [0.1, 0.15) is 0 Å². The van der Waals surface area contributed by atoms with Crippen LogP contribution < -0.4 is 5.32 Å². The van der Waals surface area contributed by atoms with Crippen molar-refractivity contribution >= 4 is 35.2 Å². The monoisotopic (exact) mass is 414 g/mol. The van der Waals surface area contributed by atoms with Crippen LogP contribution in [-0.2, 0) is 4.79 Å². The van der Waals surface area contributed by atoms with Crippen molar-refractivity contribution in [2.45, 2.75) is 37.7 Å². The SMILES string of the molecule is O=C(O)NC[C@@H]1CN(C(=O)C2CCC(O)CC2)C[C@@H]1c1ccc(Cl)c(Cl)c1. The Hall–Kier alpha value is -1.50. The Kier molecular flexibility index (Phi) is 6.50. The Morgan fingerprint density at radius 3 is 2.44 bits per heavy atom. The molecular formula is C19H24Cl2N2O4. The summed E-state index contributed by atoms with van der Waals surface area (Å²) in [6.07, 6.45) is 1.34. The molecule has 3 N–H and O–H groups in total. The number of rotatable bonds is 4. The first-order chi connectivity index (χ1) is 12.8. The van der Waals surface area contributed by atoms with E-state index in [0.717, 1.165) is 5.56 Å². The summed E-state index contributed by atoms with van der Waals surface area (Å²) in [6, 6.07) is 5.42. The van der Waals surface area contributed by atoms with Crippen LogP contribution in [0.4, 0.5) is 4.79 Å². The zero-order valence-corrected chi connectivity index (χ0v) is 16.4.